The molecule has 3 nitrogen and oxygen atoms in total. The number of hydrogen-bond donors (Lipinski definition) is 1. The largest absolute Gasteiger partial charge is 0.508 e. The third-order valence-corrected chi connectivity index (χ3v) is 3.57. The van der Waals surface area contributed by atoms with E-state index in [0.717, 1.165) is 30.2 Å². The highest BCUT2D eigenvalue weighted by atomic mass is 16.3. The van der Waals surface area contributed by atoms with Gasteiger partial charge in [0.05, 0.1) is 0 Å². The van der Waals surface area contributed by atoms with Gasteiger partial charge in [-0.15, -0.1) is 0 Å². The van der Waals surface area contributed by atoms with Crippen molar-refractivity contribution in [1.82, 2.24) is 0 Å². The molecule has 0 aromatic heterocycles. The Morgan fingerprint density at radius 1 is 1.15 bits per heavy atom. The summed E-state index contributed by atoms with van der Waals surface area (Å²) in [4.78, 5) is 11.5. The lowest BCUT2D eigenvalue weighted by Crippen LogP contribution is -2.01. The lowest BCUT2D eigenvalue weighted by molar-refractivity contribution is 0.474. The highest BCUT2D eigenvalue weighted by molar-refractivity contribution is 5.88. The van der Waals surface area contributed by atoms with Gasteiger partial charge in [-0.25, -0.2) is 0 Å². The highest BCUT2D eigenvalue weighted by Gasteiger charge is 2.15. The summed E-state index contributed by atoms with van der Waals surface area (Å²) >= 11 is 0. The minimum atomic E-state index is -0.0674. The normalized spacial score (nSPS) is 11.2. The van der Waals surface area contributed by atoms with E-state index in [4.69, 9.17) is 4.42 Å². The summed E-state index contributed by atoms with van der Waals surface area (Å²) in [6.45, 7) is 2.15. The highest BCUT2D eigenvalue weighted by Crippen LogP contribution is 2.34. The lowest BCUT2D eigenvalue weighted by Gasteiger charge is -2.14. The van der Waals surface area contributed by atoms with E-state index in [1.165, 1.54) is 11.6 Å². The minimum absolute atomic E-state index is 0.0674. The number of phenolic OH excluding ortho intramolecular Hbond substituents is 1. The molecule has 0 spiro atoms. The number of fused-ring (bicyclic) bond motifs is 2. The molecule has 0 saturated heterocycles. The molecule has 1 N–H and O–H groups in total. The maximum atomic E-state index is 11.5. The molecular weight excluding hydrogens is 252 g/mol. The van der Waals surface area contributed by atoms with Crippen LogP contribution >= 0.6 is 0 Å². The van der Waals surface area contributed by atoms with Gasteiger partial charge in [-0.1, -0.05) is 13.3 Å². The van der Waals surface area contributed by atoms with Crippen molar-refractivity contribution in [1.29, 1.82) is 0 Å². The summed E-state index contributed by atoms with van der Waals surface area (Å²) in [6.07, 6.45) is 3.11. The molecule has 1 aliphatic heterocycles. The second-order valence-corrected chi connectivity index (χ2v) is 5.02. The van der Waals surface area contributed by atoms with Crippen LogP contribution in [0.15, 0.2) is 45.6 Å². The monoisotopic (exact) mass is 268 g/mol. The first kappa shape index (κ1) is 12.7. The fourth-order valence-electron chi connectivity index (χ4n) is 2.57. The standard InChI is InChI=1S/C17H16O3/c1-2-3-4-13-14-7-5-11(18)9-16(14)20-17-10-12(19)6-8-15(13)17/h5-10,18H,2-4H2,1H3. The van der Waals surface area contributed by atoms with Gasteiger partial charge < -0.3 is 9.52 Å². The Labute approximate surface area is 116 Å². The molecule has 0 bridgehead atoms. The zero-order valence-corrected chi connectivity index (χ0v) is 11.3. The maximum absolute atomic E-state index is 11.5. The predicted octanol–water partition coefficient (Wildman–Crippen LogP) is 3.95. The van der Waals surface area contributed by atoms with E-state index in [2.05, 4.69) is 6.92 Å². The Hall–Kier alpha value is -2.29. The maximum Gasteiger partial charge on any atom is 0.182 e. The van der Waals surface area contributed by atoms with E-state index in [1.807, 2.05) is 12.1 Å². The molecule has 1 heterocycles. The van der Waals surface area contributed by atoms with Gasteiger partial charge in [-0.2, -0.15) is 0 Å². The SMILES string of the molecule is CCCCc1c2ccc(=O)cc-2oc2cc(O)ccc12. The molecule has 0 unspecified atom stereocenters. The number of unbranched alkanes of at least 4 members (excludes halogenated alkanes) is 1. The fraction of sp³-hybridized carbons (Fsp3) is 0.235. The molecule has 1 aliphatic carbocycles. The van der Waals surface area contributed by atoms with Crippen molar-refractivity contribution < 1.29 is 9.52 Å². The van der Waals surface area contributed by atoms with E-state index >= 15 is 0 Å². The first-order valence-electron chi connectivity index (χ1n) is 6.87. The molecule has 20 heavy (non-hydrogen) atoms. The summed E-state index contributed by atoms with van der Waals surface area (Å²) in [5, 5.41) is 10.6. The molecule has 0 radical (unpaired) electrons. The quantitative estimate of drug-likeness (QED) is 0.732. The second-order valence-electron chi connectivity index (χ2n) is 5.02. The van der Waals surface area contributed by atoms with Crippen LogP contribution in [-0.2, 0) is 6.42 Å². The molecule has 2 aliphatic rings. The third-order valence-electron chi connectivity index (χ3n) is 3.57. The van der Waals surface area contributed by atoms with Crippen LogP contribution in [0.1, 0.15) is 25.3 Å². The van der Waals surface area contributed by atoms with Crippen LogP contribution in [0.4, 0.5) is 0 Å². The average Bonchev–Trinajstić information content (AvgIpc) is 2.43. The van der Waals surface area contributed by atoms with Gasteiger partial charge in [0.1, 0.15) is 17.1 Å². The molecule has 0 saturated carbocycles. The molecule has 1 aromatic rings. The zero-order chi connectivity index (χ0) is 14.1. The van der Waals surface area contributed by atoms with Crippen LogP contribution in [0.25, 0.3) is 22.3 Å². The number of rotatable bonds is 3. The predicted molar refractivity (Wildman–Crippen MR) is 79.4 cm³/mol. The zero-order valence-electron chi connectivity index (χ0n) is 11.3. The molecule has 102 valence electrons. The van der Waals surface area contributed by atoms with Crippen LogP contribution in [-0.4, -0.2) is 5.11 Å². The first-order chi connectivity index (χ1) is 9.69. The van der Waals surface area contributed by atoms with Crippen molar-refractivity contribution in [3.63, 3.8) is 0 Å². The lowest BCUT2D eigenvalue weighted by atomic mass is 9.95. The van der Waals surface area contributed by atoms with Crippen molar-refractivity contribution in [3.8, 4) is 17.1 Å². The van der Waals surface area contributed by atoms with E-state index in [-0.39, 0.29) is 11.2 Å². The first-order valence-corrected chi connectivity index (χ1v) is 6.87. The molecular formula is C17H16O3. The van der Waals surface area contributed by atoms with Crippen LogP contribution in [0.3, 0.4) is 0 Å². The van der Waals surface area contributed by atoms with Crippen molar-refractivity contribution in [2.24, 2.45) is 0 Å². The molecule has 0 atom stereocenters. The number of benzene rings is 2. The molecule has 0 fully saturated rings. The van der Waals surface area contributed by atoms with E-state index < -0.39 is 0 Å². The number of aromatic hydroxyl groups is 1. The topological polar surface area (TPSA) is 50.4 Å². The summed E-state index contributed by atoms with van der Waals surface area (Å²) < 4.78 is 5.77. The van der Waals surface area contributed by atoms with Crippen LogP contribution < -0.4 is 5.43 Å². The molecule has 3 rings (SSSR count). The van der Waals surface area contributed by atoms with Crippen LogP contribution in [0.5, 0.6) is 5.75 Å². The number of aryl methyl sites for hydroxylation is 1. The Kier molecular flexibility index (Phi) is 3.18. The van der Waals surface area contributed by atoms with Gasteiger partial charge in [-0.3, -0.25) is 4.79 Å². The fourth-order valence-corrected chi connectivity index (χ4v) is 2.57. The Balaban J connectivity index is 2.36. The van der Waals surface area contributed by atoms with Crippen molar-refractivity contribution >= 4 is 11.0 Å². The summed E-state index contributed by atoms with van der Waals surface area (Å²) in [5.74, 6) is 0.752. The van der Waals surface area contributed by atoms with Crippen LogP contribution in [0, 0.1) is 0 Å². The Bertz CT molecular complexity index is 786. The van der Waals surface area contributed by atoms with Gasteiger partial charge in [-0.05, 0) is 42.7 Å². The van der Waals surface area contributed by atoms with E-state index in [1.54, 1.807) is 18.2 Å². The summed E-state index contributed by atoms with van der Waals surface area (Å²) in [5.41, 5.74) is 2.72. The number of phenols is 1. The second kappa shape index (κ2) is 5.00. The molecule has 1 aromatic carbocycles. The van der Waals surface area contributed by atoms with Crippen LogP contribution in [0.2, 0.25) is 0 Å². The average molecular weight is 268 g/mol. The van der Waals surface area contributed by atoms with Gasteiger partial charge in [0.15, 0.2) is 5.43 Å². The van der Waals surface area contributed by atoms with Gasteiger partial charge in [0, 0.05) is 23.1 Å². The number of hydrogen-bond acceptors (Lipinski definition) is 3. The van der Waals surface area contributed by atoms with Gasteiger partial charge >= 0.3 is 0 Å². The van der Waals surface area contributed by atoms with Crippen molar-refractivity contribution in [2.75, 3.05) is 0 Å². The van der Waals surface area contributed by atoms with Gasteiger partial charge in [0.2, 0.25) is 0 Å². The smallest absolute Gasteiger partial charge is 0.182 e. The summed E-state index contributed by atoms with van der Waals surface area (Å²) in [6, 6.07) is 10.1. The summed E-state index contributed by atoms with van der Waals surface area (Å²) in [7, 11) is 0. The van der Waals surface area contributed by atoms with Crippen molar-refractivity contribution in [2.45, 2.75) is 26.2 Å². The molecule has 0 amide bonds. The Morgan fingerprint density at radius 3 is 2.80 bits per heavy atom. The van der Waals surface area contributed by atoms with E-state index in [0.29, 0.717) is 11.3 Å². The van der Waals surface area contributed by atoms with Gasteiger partial charge in [0.25, 0.3) is 0 Å². The molecule has 3 heteroatoms. The van der Waals surface area contributed by atoms with Crippen molar-refractivity contribution in [3.05, 3.63) is 52.2 Å². The Morgan fingerprint density at radius 2 is 2.00 bits per heavy atom. The van der Waals surface area contributed by atoms with E-state index in [9.17, 15) is 9.90 Å². The third kappa shape index (κ3) is 2.16. The minimum Gasteiger partial charge on any atom is -0.508 e.